The van der Waals surface area contributed by atoms with Crippen molar-refractivity contribution in [3.8, 4) is 11.5 Å². The molecule has 0 bridgehead atoms. The predicted molar refractivity (Wildman–Crippen MR) is 70.7 cm³/mol. The van der Waals surface area contributed by atoms with E-state index >= 15 is 0 Å². The Bertz CT molecular complexity index is 587. The van der Waals surface area contributed by atoms with Gasteiger partial charge in [-0.05, 0) is 12.1 Å². The van der Waals surface area contributed by atoms with Crippen LogP contribution in [-0.2, 0) is 5.41 Å². The molecule has 0 radical (unpaired) electrons. The van der Waals surface area contributed by atoms with Crippen LogP contribution >= 0.6 is 0 Å². The summed E-state index contributed by atoms with van der Waals surface area (Å²) >= 11 is 0. The molecule has 0 amide bonds. The van der Waals surface area contributed by atoms with E-state index in [4.69, 9.17) is 10.2 Å². The minimum Gasteiger partial charge on any atom is -0.444 e. The van der Waals surface area contributed by atoms with Crippen molar-refractivity contribution in [2.24, 2.45) is 5.73 Å². The molecule has 1 aromatic heterocycles. The van der Waals surface area contributed by atoms with Gasteiger partial charge in [0.15, 0.2) is 0 Å². The summed E-state index contributed by atoms with van der Waals surface area (Å²) in [7, 11) is 0. The van der Waals surface area contributed by atoms with E-state index < -0.39 is 4.92 Å². The number of aromatic nitrogens is 1. The van der Waals surface area contributed by atoms with Crippen molar-refractivity contribution in [2.45, 2.75) is 19.3 Å². The number of nitro benzene ring substituents is 1. The number of non-ortho nitro benzene ring substituents is 1. The Morgan fingerprint density at radius 1 is 1.37 bits per heavy atom. The molecule has 0 atom stereocenters. The molecule has 0 saturated heterocycles. The van der Waals surface area contributed by atoms with Gasteiger partial charge in [0.2, 0.25) is 5.89 Å². The highest BCUT2D eigenvalue weighted by Crippen LogP contribution is 2.26. The smallest absolute Gasteiger partial charge is 0.269 e. The van der Waals surface area contributed by atoms with Crippen LogP contribution in [0.3, 0.4) is 0 Å². The summed E-state index contributed by atoms with van der Waals surface area (Å²) in [5, 5.41) is 10.6. The van der Waals surface area contributed by atoms with E-state index in [0.29, 0.717) is 18.0 Å². The van der Waals surface area contributed by atoms with Crippen molar-refractivity contribution in [2.75, 3.05) is 6.54 Å². The van der Waals surface area contributed by atoms with Gasteiger partial charge in [-0.25, -0.2) is 4.98 Å². The fourth-order valence-corrected chi connectivity index (χ4v) is 1.55. The minimum atomic E-state index is -0.442. The van der Waals surface area contributed by atoms with Crippen LogP contribution in [0.2, 0.25) is 0 Å². The van der Waals surface area contributed by atoms with E-state index in [0.717, 1.165) is 5.69 Å². The van der Waals surface area contributed by atoms with E-state index in [-0.39, 0.29) is 11.1 Å². The maximum atomic E-state index is 10.6. The first-order valence-corrected chi connectivity index (χ1v) is 5.85. The van der Waals surface area contributed by atoms with E-state index in [1.807, 2.05) is 13.8 Å². The van der Waals surface area contributed by atoms with E-state index in [9.17, 15) is 10.1 Å². The maximum absolute atomic E-state index is 10.6. The highest BCUT2D eigenvalue weighted by atomic mass is 16.6. The van der Waals surface area contributed by atoms with Crippen LogP contribution in [0.4, 0.5) is 5.69 Å². The van der Waals surface area contributed by atoms with Crippen molar-refractivity contribution in [1.82, 2.24) is 4.98 Å². The second kappa shape index (κ2) is 4.81. The lowest BCUT2D eigenvalue weighted by Crippen LogP contribution is -2.28. The molecule has 2 N–H and O–H groups in total. The molecular weight excluding hydrogens is 246 g/mol. The lowest BCUT2D eigenvalue weighted by molar-refractivity contribution is -0.384. The van der Waals surface area contributed by atoms with Gasteiger partial charge in [-0.3, -0.25) is 10.1 Å². The first-order chi connectivity index (χ1) is 8.94. The first-order valence-electron chi connectivity index (χ1n) is 5.85. The Morgan fingerprint density at radius 2 is 2.00 bits per heavy atom. The molecule has 2 rings (SSSR count). The average Bonchev–Trinajstić information content (AvgIpc) is 2.89. The molecule has 0 unspecified atom stereocenters. The van der Waals surface area contributed by atoms with Gasteiger partial charge in [0.25, 0.3) is 5.69 Å². The topological polar surface area (TPSA) is 95.2 Å². The van der Waals surface area contributed by atoms with Crippen LogP contribution in [0, 0.1) is 10.1 Å². The molecule has 0 spiro atoms. The average molecular weight is 261 g/mol. The van der Waals surface area contributed by atoms with E-state index in [1.165, 1.54) is 12.1 Å². The molecule has 19 heavy (non-hydrogen) atoms. The normalized spacial score (nSPS) is 11.5. The molecule has 1 heterocycles. The third kappa shape index (κ3) is 2.63. The molecule has 6 heteroatoms. The number of benzene rings is 1. The lowest BCUT2D eigenvalue weighted by Gasteiger charge is -2.18. The molecule has 0 fully saturated rings. The number of nitrogens with zero attached hydrogens (tertiary/aromatic N) is 2. The number of rotatable bonds is 4. The Morgan fingerprint density at radius 3 is 2.53 bits per heavy atom. The fraction of sp³-hybridized carbons (Fsp3) is 0.308. The van der Waals surface area contributed by atoms with Crippen LogP contribution in [0.5, 0.6) is 0 Å². The molecular formula is C13H15N3O3. The van der Waals surface area contributed by atoms with Crippen molar-refractivity contribution in [3.63, 3.8) is 0 Å². The van der Waals surface area contributed by atoms with Crippen molar-refractivity contribution in [1.29, 1.82) is 0 Å². The molecule has 1 aromatic carbocycles. The van der Waals surface area contributed by atoms with Gasteiger partial charge in [-0.2, -0.15) is 0 Å². The molecule has 6 nitrogen and oxygen atoms in total. The second-order valence-electron chi connectivity index (χ2n) is 4.93. The molecule has 0 aliphatic heterocycles. The summed E-state index contributed by atoms with van der Waals surface area (Å²) < 4.78 is 5.40. The number of hydrogen-bond donors (Lipinski definition) is 1. The standard InChI is InChI=1S/C13H15N3O3/c1-13(2,8-14)11-7-19-12(15-11)9-3-5-10(6-4-9)16(17)18/h3-7H,8,14H2,1-2H3. The number of oxazole rings is 1. The summed E-state index contributed by atoms with van der Waals surface area (Å²) in [6, 6.07) is 6.08. The van der Waals surface area contributed by atoms with Gasteiger partial charge in [0.1, 0.15) is 6.26 Å². The van der Waals surface area contributed by atoms with E-state index in [2.05, 4.69) is 4.98 Å². The molecule has 2 aromatic rings. The van der Waals surface area contributed by atoms with Crippen LogP contribution in [0.1, 0.15) is 19.5 Å². The van der Waals surface area contributed by atoms with Crippen molar-refractivity contribution < 1.29 is 9.34 Å². The lowest BCUT2D eigenvalue weighted by atomic mass is 9.90. The van der Waals surface area contributed by atoms with Gasteiger partial charge < -0.3 is 10.2 Å². The Labute approximate surface area is 110 Å². The van der Waals surface area contributed by atoms with Crippen LogP contribution in [-0.4, -0.2) is 16.5 Å². The summed E-state index contributed by atoms with van der Waals surface area (Å²) in [5.74, 6) is 0.437. The molecule has 100 valence electrons. The third-order valence-electron chi connectivity index (χ3n) is 3.03. The quantitative estimate of drug-likeness (QED) is 0.673. The Kier molecular flexibility index (Phi) is 3.35. The summed E-state index contributed by atoms with van der Waals surface area (Å²) in [5.41, 5.74) is 6.93. The zero-order valence-corrected chi connectivity index (χ0v) is 10.8. The maximum Gasteiger partial charge on any atom is 0.269 e. The van der Waals surface area contributed by atoms with Crippen molar-refractivity contribution >= 4 is 5.69 Å². The van der Waals surface area contributed by atoms with Crippen molar-refractivity contribution in [3.05, 3.63) is 46.3 Å². The molecule has 0 saturated carbocycles. The minimum absolute atomic E-state index is 0.0396. The fourth-order valence-electron chi connectivity index (χ4n) is 1.55. The molecule has 0 aliphatic rings. The Balaban J connectivity index is 2.30. The Hall–Kier alpha value is -2.21. The zero-order chi connectivity index (χ0) is 14.0. The van der Waals surface area contributed by atoms with Gasteiger partial charge in [-0.15, -0.1) is 0 Å². The summed E-state index contributed by atoms with van der Waals surface area (Å²) in [4.78, 5) is 14.5. The van der Waals surface area contributed by atoms with E-state index in [1.54, 1.807) is 18.4 Å². The monoisotopic (exact) mass is 261 g/mol. The SMILES string of the molecule is CC(C)(CN)c1coc(-c2ccc([N+](=O)[O-])cc2)n1. The largest absolute Gasteiger partial charge is 0.444 e. The van der Waals surface area contributed by atoms with Gasteiger partial charge in [0.05, 0.1) is 10.6 Å². The number of nitrogens with two attached hydrogens (primary N) is 1. The van der Waals surface area contributed by atoms with Gasteiger partial charge >= 0.3 is 0 Å². The second-order valence-corrected chi connectivity index (χ2v) is 4.93. The molecule has 0 aliphatic carbocycles. The highest BCUT2D eigenvalue weighted by molar-refractivity contribution is 5.56. The third-order valence-corrected chi connectivity index (χ3v) is 3.03. The van der Waals surface area contributed by atoms with Crippen LogP contribution in [0.25, 0.3) is 11.5 Å². The van der Waals surface area contributed by atoms with Crippen LogP contribution in [0.15, 0.2) is 34.9 Å². The summed E-state index contributed by atoms with van der Waals surface area (Å²) in [6.07, 6.45) is 1.57. The highest BCUT2D eigenvalue weighted by Gasteiger charge is 2.23. The van der Waals surface area contributed by atoms with Crippen LogP contribution < -0.4 is 5.73 Å². The van der Waals surface area contributed by atoms with Gasteiger partial charge in [0, 0.05) is 29.7 Å². The number of nitro groups is 1. The number of hydrogen-bond acceptors (Lipinski definition) is 5. The summed E-state index contributed by atoms with van der Waals surface area (Å²) in [6.45, 7) is 4.41. The van der Waals surface area contributed by atoms with Gasteiger partial charge in [-0.1, -0.05) is 13.8 Å². The first kappa shape index (κ1) is 13.2. The predicted octanol–water partition coefficient (Wildman–Crippen LogP) is 2.49. The zero-order valence-electron chi connectivity index (χ0n) is 10.8.